The summed E-state index contributed by atoms with van der Waals surface area (Å²) in [6.07, 6.45) is 1.08. The van der Waals surface area contributed by atoms with Crippen molar-refractivity contribution in [2.24, 2.45) is 5.11 Å². The molecular formula is C15H29N3O5. The van der Waals surface area contributed by atoms with E-state index in [4.69, 9.17) is 24.5 Å². The fourth-order valence-corrected chi connectivity index (χ4v) is 2.51. The molecule has 0 aromatic carbocycles. The van der Waals surface area contributed by atoms with Crippen molar-refractivity contribution in [1.29, 1.82) is 0 Å². The molecule has 1 aliphatic heterocycles. The number of methoxy groups -OCH3 is 1. The zero-order valence-corrected chi connectivity index (χ0v) is 14.3. The average Bonchev–Trinajstić information content (AvgIpc) is 2.53. The van der Waals surface area contributed by atoms with Crippen molar-refractivity contribution in [3.05, 3.63) is 10.4 Å². The smallest absolute Gasteiger partial charge is 0.166 e. The highest BCUT2D eigenvalue weighted by molar-refractivity contribution is 4.95. The standard InChI is InChI=1S/C15H29N3O5/c1-4-6-8-21-13-11(10-20-3)23-15(19)12(17-18-16)14(13)22-9-7-5-2/h11-15,19H,4-10H2,1-3H3/t11?,12?,13-,14-,15+/m1/s1. The summed E-state index contributed by atoms with van der Waals surface area (Å²) in [7, 11) is 1.56. The molecule has 134 valence electrons. The first-order valence-corrected chi connectivity index (χ1v) is 8.29. The van der Waals surface area contributed by atoms with Gasteiger partial charge in [0.05, 0.1) is 12.7 Å². The van der Waals surface area contributed by atoms with Crippen LogP contribution >= 0.6 is 0 Å². The maximum Gasteiger partial charge on any atom is 0.166 e. The summed E-state index contributed by atoms with van der Waals surface area (Å²) >= 11 is 0. The highest BCUT2D eigenvalue weighted by atomic mass is 16.7. The molecule has 5 atom stereocenters. The van der Waals surface area contributed by atoms with Crippen LogP contribution in [0.1, 0.15) is 39.5 Å². The van der Waals surface area contributed by atoms with E-state index in [0.717, 1.165) is 25.7 Å². The fraction of sp³-hybridized carbons (Fsp3) is 1.00. The van der Waals surface area contributed by atoms with Crippen molar-refractivity contribution >= 4 is 0 Å². The number of hydrogen-bond acceptors (Lipinski definition) is 6. The SMILES string of the molecule is CCCCO[C@@H]1C(COC)O[C@H](O)C(N=[N+]=[N-])[C@H]1OCCCC. The van der Waals surface area contributed by atoms with E-state index in [1.54, 1.807) is 7.11 Å². The van der Waals surface area contributed by atoms with Crippen LogP contribution in [0.2, 0.25) is 0 Å². The normalized spacial score (nSPS) is 30.9. The second-order valence-corrected chi connectivity index (χ2v) is 5.59. The van der Waals surface area contributed by atoms with E-state index in [9.17, 15) is 5.11 Å². The fourth-order valence-electron chi connectivity index (χ4n) is 2.51. The summed E-state index contributed by atoms with van der Waals surface area (Å²) in [5.41, 5.74) is 8.77. The summed E-state index contributed by atoms with van der Waals surface area (Å²) < 4.78 is 22.5. The molecule has 0 amide bonds. The maximum atomic E-state index is 10.1. The second-order valence-electron chi connectivity index (χ2n) is 5.59. The highest BCUT2D eigenvalue weighted by Gasteiger charge is 2.46. The number of azide groups is 1. The van der Waals surface area contributed by atoms with Gasteiger partial charge in [-0.25, -0.2) is 0 Å². The molecule has 0 bridgehead atoms. The van der Waals surface area contributed by atoms with Gasteiger partial charge in [0.25, 0.3) is 0 Å². The van der Waals surface area contributed by atoms with Gasteiger partial charge in [-0.1, -0.05) is 31.8 Å². The zero-order chi connectivity index (χ0) is 17.1. The maximum absolute atomic E-state index is 10.1. The van der Waals surface area contributed by atoms with E-state index < -0.39 is 30.6 Å². The molecule has 1 N–H and O–H groups in total. The topological polar surface area (TPSA) is 106 Å². The molecule has 1 aliphatic rings. The van der Waals surface area contributed by atoms with Gasteiger partial charge in [0.15, 0.2) is 6.29 Å². The molecule has 1 saturated heterocycles. The third kappa shape index (κ3) is 6.25. The second kappa shape index (κ2) is 11.6. The van der Waals surface area contributed by atoms with Gasteiger partial charge >= 0.3 is 0 Å². The Morgan fingerprint density at radius 1 is 1.13 bits per heavy atom. The Balaban J connectivity index is 2.90. The Hall–Kier alpha value is -0.890. The highest BCUT2D eigenvalue weighted by Crippen LogP contribution is 2.28. The van der Waals surface area contributed by atoms with Gasteiger partial charge in [0.2, 0.25) is 0 Å². The van der Waals surface area contributed by atoms with Crippen molar-refractivity contribution in [3.8, 4) is 0 Å². The molecule has 8 nitrogen and oxygen atoms in total. The minimum atomic E-state index is -1.23. The minimum Gasteiger partial charge on any atom is -0.382 e. The minimum absolute atomic E-state index is 0.268. The van der Waals surface area contributed by atoms with E-state index in [1.165, 1.54) is 0 Å². The molecule has 0 saturated carbocycles. The molecule has 0 spiro atoms. The zero-order valence-electron chi connectivity index (χ0n) is 14.3. The van der Waals surface area contributed by atoms with Gasteiger partial charge in [-0.3, -0.25) is 0 Å². The Morgan fingerprint density at radius 2 is 1.74 bits per heavy atom. The van der Waals surface area contributed by atoms with Crippen LogP contribution in [0.15, 0.2) is 5.11 Å². The van der Waals surface area contributed by atoms with E-state index in [1.807, 2.05) is 0 Å². The number of rotatable bonds is 11. The molecule has 1 heterocycles. The third-order valence-corrected chi connectivity index (χ3v) is 3.77. The Labute approximate surface area is 137 Å². The van der Waals surface area contributed by atoms with E-state index in [0.29, 0.717) is 13.2 Å². The Bertz CT molecular complexity index is 365. The molecule has 1 rings (SSSR count). The predicted octanol–water partition coefficient (Wildman–Crippen LogP) is 2.40. The lowest BCUT2D eigenvalue weighted by Gasteiger charge is -2.43. The Kier molecular flexibility index (Phi) is 10.2. The van der Waals surface area contributed by atoms with Crippen molar-refractivity contribution in [2.75, 3.05) is 26.9 Å². The van der Waals surface area contributed by atoms with Crippen LogP contribution in [0, 0.1) is 0 Å². The van der Waals surface area contributed by atoms with Gasteiger partial charge in [-0.15, -0.1) is 0 Å². The molecule has 0 aromatic rings. The summed E-state index contributed by atoms with van der Waals surface area (Å²) in [4.78, 5) is 2.81. The van der Waals surface area contributed by atoms with E-state index >= 15 is 0 Å². The molecule has 0 aromatic heterocycles. The lowest BCUT2D eigenvalue weighted by Crippen LogP contribution is -2.59. The molecule has 8 heteroatoms. The van der Waals surface area contributed by atoms with Crippen molar-refractivity contribution in [1.82, 2.24) is 0 Å². The average molecular weight is 331 g/mol. The first kappa shape index (κ1) is 20.2. The van der Waals surface area contributed by atoms with Crippen LogP contribution in [0.4, 0.5) is 0 Å². The van der Waals surface area contributed by atoms with Crippen molar-refractivity contribution in [2.45, 2.75) is 70.2 Å². The first-order chi connectivity index (χ1) is 11.2. The molecule has 23 heavy (non-hydrogen) atoms. The Morgan fingerprint density at radius 3 is 2.26 bits per heavy atom. The lowest BCUT2D eigenvalue weighted by molar-refractivity contribution is -0.268. The number of hydrogen-bond donors (Lipinski definition) is 1. The first-order valence-electron chi connectivity index (χ1n) is 8.29. The van der Waals surface area contributed by atoms with Gasteiger partial charge in [0, 0.05) is 25.2 Å². The van der Waals surface area contributed by atoms with Crippen molar-refractivity contribution in [3.63, 3.8) is 0 Å². The van der Waals surface area contributed by atoms with Crippen LogP contribution in [0.5, 0.6) is 0 Å². The van der Waals surface area contributed by atoms with Crippen LogP contribution in [0.3, 0.4) is 0 Å². The summed E-state index contributed by atoms with van der Waals surface area (Å²) in [6.45, 7) is 5.48. The van der Waals surface area contributed by atoms with Crippen LogP contribution < -0.4 is 0 Å². The van der Waals surface area contributed by atoms with Gasteiger partial charge in [-0.2, -0.15) is 0 Å². The van der Waals surface area contributed by atoms with Gasteiger partial charge in [-0.05, 0) is 18.4 Å². The largest absolute Gasteiger partial charge is 0.382 e. The number of unbranched alkanes of at least 4 members (excludes halogenated alkanes) is 2. The summed E-state index contributed by atoms with van der Waals surface area (Å²) in [6, 6.07) is -0.836. The van der Waals surface area contributed by atoms with Crippen LogP contribution in [0.25, 0.3) is 10.4 Å². The number of ether oxygens (including phenoxy) is 4. The van der Waals surface area contributed by atoms with E-state index in [2.05, 4.69) is 23.9 Å². The molecule has 0 aliphatic carbocycles. The number of aliphatic hydroxyl groups excluding tert-OH is 1. The molecule has 1 fully saturated rings. The predicted molar refractivity (Wildman–Crippen MR) is 85.0 cm³/mol. The monoisotopic (exact) mass is 331 g/mol. The summed E-state index contributed by atoms with van der Waals surface area (Å²) in [5, 5.41) is 13.8. The van der Waals surface area contributed by atoms with Crippen LogP contribution in [-0.4, -0.2) is 62.7 Å². The van der Waals surface area contributed by atoms with Gasteiger partial charge in [0.1, 0.15) is 18.2 Å². The number of aliphatic hydroxyl groups is 1. The number of nitrogens with zero attached hydrogens (tertiary/aromatic N) is 3. The summed E-state index contributed by atoms with van der Waals surface area (Å²) in [5.74, 6) is 0. The van der Waals surface area contributed by atoms with Crippen LogP contribution in [-0.2, 0) is 18.9 Å². The van der Waals surface area contributed by atoms with E-state index in [-0.39, 0.29) is 6.61 Å². The lowest BCUT2D eigenvalue weighted by atomic mass is 9.97. The molecule has 0 radical (unpaired) electrons. The molecular weight excluding hydrogens is 302 g/mol. The van der Waals surface area contributed by atoms with Crippen molar-refractivity contribution < 1.29 is 24.1 Å². The quantitative estimate of drug-likeness (QED) is 0.271. The van der Waals surface area contributed by atoms with Gasteiger partial charge < -0.3 is 24.1 Å². The molecule has 2 unspecified atom stereocenters. The third-order valence-electron chi connectivity index (χ3n) is 3.77.